The van der Waals surface area contributed by atoms with E-state index in [1.807, 2.05) is 6.92 Å². The van der Waals surface area contributed by atoms with Crippen LogP contribution < -0.4 is 16.2 Å². The van der Waals surface area contributed by atoms with Crippen LogP contribution in [0.25, 0.3) is 11.0 Å². The molecule has 0 spiro atoms. The van der Waals surface area contributed by atoms with E-state index < -0.39 is 9.84 Å². The summed E-state index contributed by atoms with van der Waals surface area (Å²) < 4.78 is 25.6. The number of anilines is 4. The van der Waals surface area contributed by atoms with Crippen molar-refractivity contribution in [2.24, 2.45) is 7.05 Å². The van der Waals surface area contributed by atoms with Gasteiger partial charge in [0.1, 0.15) is 11.2 Å². The van der Waals surface area contributed by atoms with Gasteiger partial charge in [0.05, 0.1) is 22.0 Å². The van der Waals surface area contributed by atoms with Gasteiger partial charge in [-0.3, -0.25) is 14.6 Å². The number of para-hydroxylation sites is 1. The molecule has 0 aliphatic rings. The molecule has 0 unspecified atom stereocenters. The normalized spacial score (nSPS) is 11.6. The second kappa shape index (κ2) is 7.26. The van der Waals surface area contributed by atoms with Crippen LogP contribution in [0.3, 0.4) is 0 Å². The van der Waals surface area contributed by atoms with E-state index in [0.29, 0.717) is 34.0 Å². The summed E-state index contributed by atoms with van der Waals surface area (Å²) in [4.78, 5) is 17.2. The lowest BCUT2D eigenvalue weighted by molar-refractivity contribution is 0.602. The number of nitrogens with zero attached hydrogens (tertiary/aromatic N) is 4. The number of aromatic amines is 1. The fourth-order valence-corrected chi connectivity index (χ4v) is 3.86. The van der Waals surface area contributed by atoms with E-state index in [9.17, 15) is 13.2 Å². The van der Waals surface area contributed by atoms with Gasteiger partial charge in [-0.2, -0.15) is 5.10 Å². The van der Waals surface area contributed by atoms with Gasteiger partial charge < -0.3 is 10.6 Å². The average Bonchev–Trinajstić information content (AvgIpc) is 2.97. The molecular formula is C19H19N7O3S. The van der Waals surface area contributed by atoms with E-state index in [-0.39, 0.29) is 10.5 Å². The van der Waals surface area contributed by atoms with Gasteiger partial charge in [0.2, 0.25) is 0 Å². The molecule has 10 nitrogen and oxygen atoms in total. The van der Waals surface area contributed by atoms with Crippen molar-refractivity contribution < 1.29 is 8.42 Å². The van der Waals surface area contributed by atoms with Crippen LogP contribution in [0.1, 0.15) is 5.69 Å². The van der Waals surface area contributed by atoms with Crippen LogP contribution in [0.4, 0.5) is 23.0 Å². The van der Waals surface area contributed by atoms with Gasteiger partial charge in [-0.1, -0.05) is 12.1 Å². The number of aromatic nitrogens is 5. The Kier molecular flexibility index (Phi) is 4.74. The van der Waals surface area contributed by atoms with E-state index in [0.717, 1.165) is 11.9 Å². The molecule has 0 bridgehead atoms. The zero-order valence-corrected chi connectivity index (χ0v) is 17.3. The highest BCUT2D eigenvalue weighted by atomic mass is 32.2. The third-order valence-corrected chi connectivity index (χ3v) is 5.58. The van der Waals surface area contributed by atoms with Gasteiger partial charge >= 0.3 is 0 Å². The predicted octanol–water partition coefficient (Wildman–Crippen LogP) is 2.25. The lowest BCUT2D eigenvalue weighted by atomic mass is 10.2. The minimum absolute atomic E-state index is 0.126. The van der Waals surface area contributed by atoms with Gasteiger partial charge in [0, 0.05) is 19.4 Å². The SMILES string of the molecule is Cc1ccc(Nc2cc(Nc3ccccc3S(C)(=O)=O)c3c(=O)n(C)[nH]c3n2)nn1. The molecule has 3 heterocycles. The minimum Gasteiger partial charge on any atom is -0.354 e. The number of aryl methyl sites for hydroxylation is 2. The molecule has 4 aromatic rings. The minimum atomic E-state index is -3.48. The Balaban J connectivity index is 1.84. The molecule has 30 heavy (non-hydrogen) atoms. The van der Waals surface area contributed by atoms with Crippen LogP contribution in [0.5, 0.6) is 0 Å². The summed E-state index contributed by atoms with van der Waals surface area (Å²) in [7, 11) is -1.90. The van der Waals surface area contributed by atoms with Crippen LogP contribution in [0, 0.1) is 6.92 Å². The van der Waals surface area contributed by atoms with Gasteiger partial charge in [-0.15, -0.1) is 5.10 Å². The lowest BCUT2D eigenvalue weighted by Gasteiger charge is -2.13. The summed E-state index contributed by atoms with van der Waals surface area (Å²) in [5, 5.41) is 17.4. The van der Waals surface area contributed by atoms with Gasteiger partial charge in [-0.05, 0) is 31.2 Å². The number of fused-ring (bicyclic) bond motifs is 1. The highest BCUT2D eigenvalue weighted by Gasteiger charge is 2.17. The Hall–Kier alpha value is -3.73. The van der Waals surface area contributed by atoms with Gasteiger partial charge in [0.15, 0.2) is 21.3 Å². The average molecular weight is 425 g/mol. The fraction of sp³-hybridized carbons (Fsp3) is 0.158. The molecule has 0 saturated heterocycles. The Morgan fingerprint density at radius 2 is 1.77 bits per heavy atom. The molecule has 0 aliphatic heterocycles. The van der Waals surface area contributed by atoms with Crippen LogP contribution in [0.2, 0.25) is 0 Å². The zero-order valence-electron chi connectivity index (χ0n) is 16.5. The quantitative estimate of drug-likeness (QED) is 0.443. The second-order valence-corrected chi connectivity index (χ2v) is 8.82. The van der Waals surface area contributed by atoms with E-state index in [1.165, 1.54) is 10.7 Å². The third kappa shape index (κ3) is 3.74. The molecule has 1 aromatic carbocycles. The van der Waals surface area contributed by atoms with Crippen molar-refractivity contribution in [3.8, 4) is 0 Å². The summed E-state index contributed by atoms with van der Waals surface area (Å²) in [5.41, 5.74) is 1.58. The maximum atomic E-state index is 12.6. The molecule has 0 aliphatic carbocycles. The number of sulfone groups is 1. The third-order valence-electron chi connectivity index (χ3n) is 4.42. The predicted molar refractivity (Wildman–Crippen MR) is 114 cm³/mol. The van der Waals surface area contributed by atoms with Crippen LogP contribution in [-0.2, 0) is 16.9 Å². The largest absolute Gasteiger partial charge is 0.354 e. The zero-order chi connectivity index (χ0) is 21.5. The fourth-order valence-electron chi connectivity index (χ4n) is 3.02. The molecule has 0 saturated carbocycles. The Labute approximate surface area is 171 Å². The maximum Gasteiger partial charge on any atom is 0.277 e. The standard InChI is InChI=1S/C19H19N7O3S/c1-11-8-9-15(24-23-11)21-16-10-13(17-18(22-16)25-26(2)19(17)27)20-12-6-4-5-7-14(12)30(3,28)29/h4-10H,1-3H3,(H3,20,21,22,24,25). The number of H-pyrrole nitrogens is 1. The molecule has 11 heteroatoms. The van der Waals surface area contributed by atoms with Crippen LogP contribution >= 0.6 is 0 Å². The lowest BCUT2D eigenvalue weighted by Crippen LogP contribution is -2.12. The number of rotatable bonds is 5. The van der Waals surface area contributed by atoms with Gasteiger partial charge in [-0.25, -0.2) is 13.4 Å². The number of nitrogens with one attached hydrogen (secondary N) is 3. The first kappa shape index (κ1) is 19.6. The van der Waals surface area contributed by atoms with Crippen LogP contribution in [-0.4, -0.2) is 39.6 Å². The highest BCUT2D eigenvalue weighted by molar-refractivity contribution is 7.90. The van der Waals surface area contributed by atoms with Crippen molar-refractivity contribution in [1.29, 1.82) is 0 Å². The van der Waals surface area contributed by atoms with Crippen molar-refractivity contribution in [2.75, 3.05) is 16.9 Å². The van der Waals surface area contributed by atoms with E-state index in [1.54, 1.807) is 43.4 Å². The first-order valence-corrected chi connectivity index (χ1v) is 10.8. The smallest absolute Gasteiger partial charge is 0.277 e. The molecule has 0 atom stereocenters. The highest BCUT2D eigenvalue weighted by Crippen LogP contribution is 2.30. The maximum absolute atomic E-state index is 12.6. The molecule has 0 fully saturated rings. The van der Waals surface area contributed by atoms with Crippen molar-refractivity contribution in [3.63, 3.8) is 0 Å². The topological polar surface area (TPSA) is 135 Å². The van der Waals surface area contributed by atoms with Crippen molar-refractivity contribution >= 4 is 43.9 Å². The number of hydrogen-bond donors (Lipinski definition) is 3. The summed E-state index contributed by atoms with van der Waals surface area (Å²) >= 11 is 0. The van der Waals surface area contributed by atoms with Crippen molar-refractivity contribution in [2.45, 2.75) is 11.8 Å². The van der Waals surface area contributed by atoms with E-state index in [4.69, 9.17) is 0 Å². The Bertz CT molecular complexity index is 1410. The number of benzene rings is 1. The van der Waals surface area contributed by atoms with E-state index in [2.05, 4.69) is 30.9 Å². The molecule has 3 aromatic heterocycles. The first-order valence-electron chi connectivity index (χ1n) is 8.95. The van der Waals surface area contributed by atoms with Gasteiger partial charge in [0.25, 0.3) is 5.56 Å². The molecular weight excluding hydrogens is 406 g/mol. The molecule has 3 N–H and O–H groups in total. The monoisotopic (exact) mass is 425 g/mol. The summed E-state index contributed by atoms with van der Waals surface area (Å²) in [6.45, 7) is 1.83. The summed E-state index contributed by atoms with van der Waals surface area (Å²) in [5.74, 6) is 0.884. The molecule has 4 rings (SSSR count). The Morgan fingerprint density at radius 3 is 2.47 bits per heavy atom. The van der Waals surface area contributed by atoms with Crippen LogP contribution in [0.15, 0.2) is 52.2 Å². The molecule has 154 valence electrons. The number of hydrogen-bond acceptors (Lipinski definition) is 8. The summed E-state index contributed by atoms with van der Waals surface area (Å²) in [6.07, 6.45) is 1.13. The first-order chi connectivity index (χ1) is 14.2. The van der Waals surface area contributed by atoms with Crippen molar-refractivity contribution in [3.05, 3.63) is 58.5 Å². The van der Waals surface area contributed by atoms with Crippen molar-refractivity contribution in [1.82, 2.24) is 25.0 Å². The molecule has 0 radical (unpaired) electrons. The second-order valence-electron chi connectivity index (χ2n) is 6.83. The van der Waals surface area contributed by atoms with E-state index >= 15 is 0 Å². The Morgan fingerprint density at radius 1 is 1.00 bits per heavy atom. The summed E-state index contributed by atoms with van der Waals surface area (Å²) in [6, 6.07) is 11.7. The number of pyridine rings is 1. The molecule has 0 amide bonds.